The minimum atomic E-state index is -2.08. The van der Waals surface area contributed by atoms with Gasteiger partial charge in [0, 0.05) is 42.0 Å². The summed E-state index contributed by atoms with van der Waals surface area (Å²) in [5, 5.41) is 2.54. The van der Waals surface area contributed by atoms with Crippen molar-refractivity contribution in [3.05, 3.63) is 138 Å². The van der Waals surface area contributed by atoms with Crippen LogP contribution in [0.1, 0.15) is 26.4 Å². The van der Waals surface area contributed by atoms with E-state index in [1.54, 1.807) is 36.5 Å². The van der Waals surface area contributed by atoms with E-state index in [0.29, 0.717) is 22.1 Å². The number of fused-ring (bicyclic) bond motifs is 3. The number of aromatic nitrogens is 2. The standard InChI is InChI=1S/C26H19FNO.C15H18NSi.Ir/c1-15-12-16(2)24(17(3)13-15)18-10-11-28-22(14-18)19-6-4-7-20-25-21(27)8-5-9-23(25)29-26(19)20;1-12-5-7-13(8-6-12)15-10-9-14(11-16-15)17(2,3)4;/h4-5,7-14H,1-3H3;5-7,9-11H,1-4H3;/q2*-1;/i;1D3;. The van der Waals surface area contributed by atoms with Gasteiger partial charge < -0.3 is 14.4 Å². The number of rotatable bonds is 4. The van der Waals surface area contributed by atoms with Crippen LogP contribution < -0.4 is 5.19 Å². The SMILES string of the molecule is Cc1cc(C)c(-c2ccnc(-c3[c-]ccc4c3oc3cccc(F)c34)c2)c(C)c1.[2H]C([2H])([2H])c1c[c-]c(-c2ccc([Si](C)(C)C)cn2)cc1.[Ir]. The maximum absolute atomic E-state index is 14.4. The normalized spacial score (nSPS) is 12.4. The van der Waals surface area contributed by atoms with Gasteiger partial charge in [-0.25, -0.2) is 4.39 Å². The van der Waals surface area contributed by atoms with Crippen molar-refractivity contribution < 1.29 is 33.0 Å². The Kier molecular flexibility index (Phi) is 8.89. The first kappa shape index (κ1) is 30.1. The molecule has 47 heavy (non-hydrogen) atoms. The van der Waals surface area contributed by atoms with Crippen molar-refractivity contribution in [2.75, 3.05) is 0 Å². The molecule has 0 saturated heterocycles. The van der Waals surface area contributed by atoms with Gasteiger partial charge in [0.2, 0.25) is 0 Å². The van der Waals surface area contributed by atoms with E-state index in [9.17, 15) is 4.39 Å². The van der Waals surface area contributed by atoms with Gasteiger partial charge in [-0.1, -0.05) is 79.4 Å². The molecule has 7 rings (SSSR count). The molecule has 0 fully saturated rings. The van der Waals surface area contributed by atoms with Gasteiger partial charge in [-0.15, -0.1) is 53.6 Å². The van der Waals surface area contributed by atoms with Crippen molar-refractivity contribution in [2.45, 2.75) is 47.3 Å². The Morgan fingerprint density at radius 3 is 2.28 bits per heavy atom. The molecule has 7 aromatic rings. The summed E-state index contributed by atoms with van der Waals surface area (Å²) >= 11 is 0. The van der Waals surface area contributed by atoms with E-state index in [2.05, 4.69) is 86.8 Å². The number of benzene rings is 4. The molecule has 0 aliphatic carbocycles. The van der Waals surface area contributed by atoms with Crippen molar-refractivity contribution in [3.63, 3.8) is 0 Å². The van der Waals surface area contributed by atoms with E-state index in [-0.39, 0.29) is 25.9 Å². The van der Waals surface area contributed by atoms with E-state index in [1.165, 1.54) is 39.6 Å². The van der Waals surface area contributed by atoms with Crippen LogP contribution in [0.15, 0.2) is 102 Å². The van der Waals surface area contributed by atoms with Crippen LogP contribution in [0.5, 0.6) is 0 Å². The van der Waals surface area contributed by atoms with E-state index in [0.717, 1.165) is 33.5 Å². The van der Waals surface area contributed by atoms with E-state index < -0.39 is 14.9 Å². The fourth-order valence-electron chi connectivity index (χ4n) is 5.88. The Morgan fingerprint density at radius 1 is 0.830 bits per heavy atom. The zero-order valence-corrected chi connectivity index (χ0v) is 30.6. The summed E-state index contributed by atoms with van der Waals surface area (Å²) in [6.07, 6.45) is 3.73. The minimum absolute atomic E-state index is 0. The monoisotopic (exact) mass is 816 g/mol. The summed E-state index contributed by atoms with van der Waals surface area (Å²) in [5.74, 6) is -0.286. The molecule has 0 amide bonds. The number of furan rings is 1. The molecule has 3 aromatic heterocycles. The first-order valence-electron chi connectivity index (χ1n) is 16.8. The summed E-state index contributed by atoms with van der Waals surface area (Å²) in [6.45, 7) is 11.1. The van der Waals surface area contributed by atoms with Gasteiger partial charge in [0.15, 0.2) is 0 Å². The van der Waals surface area contributed by atoms with Crippen molar-refractivity contribution in [1.82, 2.24) is 9.97 Å². The van der Waals surface area contributed by atoms with Gasteiger partial charge in [-0.05, 0) is 77.8 Å². The van der Waals surface area contributed by atoms with Gasteiger partial charge >= 0.3 is 0 Å². The predicted octanol–water partition coefficient (Wildman–Crippen LogP) is 10.6. The maximum Gasteiger partial charge on any atom is 0.133 e. The second-order valence-corrected chi connectivity index (χ2v) is 17.8. The number of aryl methyl sites for hydroxylation is 4. The molecule has 0 unspecified atom stereocenters. The molecule has 0 saturated carbocycles. The Hall–Kier alpha value is -4.22. The predicted molar refractivity (Wildman–Crippen MR) is 192 cm³/mol. The molecule has 3 nitrogen and oxygen atoms in total. The summed E-state index contributed by atoms with van der Waals surface area (Å²) in [4.78, 5) is 9.04. The number of nitrogens with zero attached hydrogens (tertiary/aromatic N) is 2. The number of hydrogen-bond acceptors (Lipinski definition) is 3. The maximum atomic E-state index is 14.4. The first-order chi connectivity index (χ1) is 23.2. The molecule has 0 bridgehead atoms. The van der Waals surface area contributed by atoms with Crippen LogP contribution in [0.4, 0.5) is 4.39 Å². The molecule has 0 N–H and O–H groups in total. The Labute approximate surface area is 295 Å². The molecule has 0 spiro atoms. The Balaban J connectivity index is 0.000000204. The third-order valence-electron chi connectivity index (χ3n) is 8.11. The quantitative estimate of drug-likeness (QED) is 0.131. The third kappa shape index (κ3) is 7.21. The van der Waals surface area contributed by atoms with Crippen molar-refractivity contribution in [3.8, 4) is 33.6 Å². The largest absolute Gasteiger partial charge is 0.500 e. The van der Waals surface area contributed by atoms with Crippen LogP contribution in [-0.2, 0) is 20.1 Å². The minimum Gasteiger partial charge on any atom is -0.500 e. The van der Waals surface area contributed by atoms with E-state index in [4.69, 9.17) is 8.53 Å². The second kappa shape index (κ2) is 13.9. The average Bonchev–Trinajstić information content (AvgIpc) is 3.44. The molecule has 0 aliphatic heterocycles. The number of pyridine rings is 2. The fraction of sp³-hybridized carbons (Fsp3) is 0.171. The molecular formula is C41H37FIrN2OSi-2. The molecule has 0 aliphatic rings. The number of hydrogen-bond donors (Lipinski definition) is 0. The van der Waals surface area contributed by atoms with E-state index >= 15 is 0 Å². The van der Waals surface area contributed by atoms with Crippen molar-refractivity contribution >= 4 is 35.2 Å². The molecule has 4 aromatic carbocycles. The Bertz CT molecular complexity index is 2220. The molecule has 239 valence electrons. The molecule has 1 radical (unpaired) electrons. The van der Waals surface area contributed by atoms with Crippen LogP contribution in [0.25, 0.3) is 55.6 Å². The smallest absolute Gasteiger partial charge is 0.133 e. The van der Waals surface area contributed by atoms with Crippen molar-refractivity contribution in [2.24, 2.45) is 0 Å². The van der Waals surface area contributed by atoms with Gasteiger partial charge in [0.1, 0.15) is 11.4 Å². The molecule has 6 heteroatoms. The Morgan fingerprint density at radius 2 is 1.62 bits per heavy atom. The van der Waals surface area contributed by atoms with Crippen LogP contribution in [0.2, 0.25) is 19.6 Å². The van der Waals surface area contributed by atoms with Gasteiger partial charge in [-0.2, -0.15) is 0 Å². The summed E-state index contributed by atoms with van der Waals surface area (Å²) < 4.78 is 42.5. The van der Waals surface area contributed by atoms with Crippen molar-refractivity contribution in [1.29, 1.82) is 0 Å². The van der Waals surface area contributed by atoms with Gasteiger partial charge in [-0.3, -0.25) is 0 Å². The fourth-order valence-corrected chi connectivity index (χ4v) is 6.91. The molecular weight excluding hydrogens is 776 g/mol. The topological polar surface area (TPSA) is 38.9 Å². The van der Waals surface area contributed by atoms with Gasteiger partial charge in [0.25, 0.3) is 0 Å². The average molecular weight is 816 g/mol. The van der Waals surface area contributed by atoms with Crippen LogP contribution in [0.3, 0.4) is 0 Å². The molecule has 3 heterocycles. The van der Waals surface area contributed by atoms with Crippen LogP contribution in [0, 0.1) is 45.6 Å². The second-order valence-electron chi connectivity index (χ2n) is 12.7. The summed E-state index contributed by atoms with van der Waals surface area (Å²) in [6, 6.07) is 32.2. The molecule has 0 atom stereocenters. The van der Waals surface area contributed by atoms with Gasteiger partial charge in [0.05, 0.1) is 13.7 Å². The third-order valence-corrected chi connectivity index (χ3v) is 10.1. The van der Waals surface area contributed by atoms with Crippen LogP contribution in [-0.4, -0.2) is 18.0 Å². The number of halogens is 1. The summed E-state index contributed by atoms with van der Waals surface area (Å²) in [5.41, 5.74) is 10.6. The zero-order chi connectivity index (χ0) is 35.1. The summed E-state index contributed by atoms with van der Waals surface area (Å²) in [7, 11) is -1.34. The van der Waals surface area contributed by atoms with Crippen LogP contribution >= 0.6 is 0 Å². The first-order valence-corrected chi connectivity index (χ1v) is 18.8. The van der Waals surface area contributed by atoms with E-state index in [1.807, 2.05) is 24.4 Å². The zero-order valence-electron chi connectivity index (χ0n) is 30.3.